The topological polar surface area (TPSA) is 21.3 Å². The number of nitrogens with one attached hydrogen (secondary N) is 1. The summed E-state index contributed by atoms with van der Waals surface area (Å²) in [6.45, 7) is 0.593. The average Bonchev–Trinajstić information content (AvgIpc) is 2.48. The molecule has 0 aromatic heterocycles. The van der Waals surface area contributed by atoms with Gasteiger partial charge in [0.15, 0.2) is 0 Å². The molecule has 2 aromatic carbocycles. The van der Waals surface area contributed by atoms with E-state index in [4.69, 9.17) is 4.74 Å². The van der Waals surface area contributed by atoms with E-state index < -0.39 is 0 Å². The maximum absolute atomic E-state index is 13.5. The largest absolute Gasteiger partial charge is 0.496 e. The second-order valence-electron chi connectivity index (χ2n) is 5.58. The van der Waals surface area contributed by atoms with E-state index >= 15 is 0 Å². The van der Waals surface area contributed by atoms with Crippen molar-refractivity contribution in [2.75, 3.05) is 7.11 Å². The number of halogens is 1. The summed E-state index contributed by atoms with van der Waals surface area (Å²) >= 11 is 0. The van der Waals surface area contributed by atoms with Gasteiger partial charge in [-0.3, -0.25) is 0 Å². The van der Waals surface area contributed by atoms with Gasteiger partial charge in [0.2, 0.25) is 0 Å². The third-order valence-corrected chi connectivity index (χ3v) is 4.26. The molecule has 1 aliphatic carbocycles. The third kappa shape index (κ3) is 3.08. The molecule has 0 unspecified atom stereocenters. The van der Waals surface area contributed by atoms with Crippen LogP contribution in [0.2, 0.25) is 0 Å². The van der Waals surface area contributed by atoms with Crippen LogP contribution in [0.5, 0.6) is 5.75 Å². The summed E-state index contributed by atoms with van der Waals surface area (Å²) in [6, 6.07) is 15.6. The Hall–Kier alpha value is -1.87. The molecular formula is C18H20FNO. The van der Waals surface area contributed by atoms with E-state index in [-0.39, 0.29) is 5.82 Å². The Bertz CT molecular complexity index is 608. The highest BCUT2D eigenvalue weighted by Crippen LogP contribution is 2.40. The standard InChI is InChI=1S/C18H20FNO/c1-21-18-9-5-3-7-16(18)14-10-15(11-14)20-12-13-6-2-4-8-17(13)19/h2-9,14-15,20H,10-12H2,1H3. The van der Waals surface area contributed by atoms with Crippen molar-refractivity contribution < 1.29 is 9.13 Å². The highest BCUT2D eigenvalue weighted by atomic mass is 19.1. The van der Waals surface area contributed by atoms with Gasteiger partial charge in [0.1, 0.15) is 11.6 Å². The van der Waals surface area contributed by atoms with Crippen molar-refractivity contribution in [1.29, 1.82) is 0 Å². The van der Waals surface area contributed by atoms with E-state index in [9.17, 15) is 4.39 Å². The van der Waals surface area contributed by atoms with Crippen molar-refractivity contribution >= 4 is 0 Å². The molecule has 3 heteroatoms. The van der Waals surface area contributed by atoms with E-state index in [0.717, 1.165) is 24.2 Å². The van der Waals surface area contributed by atoms with Crippen LogP contribution in [0.3, 0.4) is 0 Å². The highest BCUT2D eigenvalue weighted by Gasteiger charge is 2.31. The summed E-state index contributed by atoms with van der Waals surface area (Å²) in [6.07, 6.45) is 2.16. The Morgan fingerprint density at radius 2 is 1.81 bits per heavy atom. The van der Waals surface area contributed by atoms with Crippen molar-refractivity contribution in [3.8, 4) is 5.75 Å². The number of para-hydroxylation sites is 1. The highest BCUT2D eigenvalue weighted by molar-refractivity contribution is 5.37. The summed E-state index contributed by atoms with van der Waals surface area (Å²) in [5.41, 5.74) is 2.02. The Morgan fingerprint density at radius 1 is 1.10 bits per heavy atom. The van der Waals surface area contributed by atoms with Crippen molar-refractivity contribution in [3.05, 3.63) is 65.5 Å². The molecule has 0 spiro atoms. The van der Waals surface area contributed by atoms with Gasteiger partial charge in [-0.1, -0.05) is 36.4 Å². The normalized spacial score (nSPS) is 20.9. The molecule has 2 aromatic rings. The molecule has 0 bridgehead atoms. The van der Waals surface area contributed by atoms with Crippen LogP contribution in [0.25, 0.3) is 0 Å². The van der Waals surface area contributed by atoms with Gasteiger partial charge < -0.3 is 10.1 Å². The molecule has 0 aliphatic heterocycles. The first-order chi connectivity index (χ1) is 10.3. The quantitative estimate of drug-likeness (QED) is 0.900. The van der Waals surface area contributed by atoms with E-state index in [1.54, 1.807) is 13.2 Å². The molecular weight excluding hydrogens is 265 g/mol. The molecule has 0 radical (unpaired) electrons. The minimum Gasteiger partial charge on any atom is -0.496 e. The minimum atomic E-state index is -0.134. The van der Waals surface area contributed by atoms with Crippen LogP contribution < -0.4 is 10.1 Å². The Balaban J connectivity index is 1.53. The Kier molecular flexibility index (Phi) is 4.20. The molecule has 1 aliphatic rings. The summed E-state index contributed by atoms with van der Waals surface area (Å²) in [5, 5.41) is 3.43. The monoisotopic (exact) mass is 285 g/mol. The molecule has 0 amide bonds. The van der Waals surface area contributed by atoms with Crippen molar-refractivity contribution in [2.45, 2.75) is 31.3 Å². The summed E-state index contributed by atoms with van der Waals surface area (Å²) in [5.74, 6) is 1.37. The first-order valence-electron chi connectivity index (χ1n) is 7.37. The van der Waals surface area contributed by atoms with Gasteiger partial charge in [0.05, 0.1) is 7.11 Å². The van der Waals surface area contributed by atoms with Gasteiger partial charge in [0, 0.05) is 18.2 Å². The third-order valence-electron chi connectivity index (χ3n) is 4.26. The molecule has 0 atom stereocenters. The number of ether oxygens (including phenoxy) is 1. The van der Waals surface area contributed by atoms with Gasteiger partial charge >= 0.3 is 0 Å². The van der Waals surface area contributed by atoms with Gasteiger partial charge in [-0.05, 0) is 36.5 Å². The lowest BCUT2D eigenvalue weighted by Gasteiger charge is -2.37. The molecule has 21 heavy (non-hydrogen) atoms. The maximum atomic E-state index is 13.5. The molecule has 1 N–H and O–H groups in total. The summed E-state index contributed by atoms with van der Waals surface area (Å²) < 4.78 is 19.0. The zero-order valence-electron chi connectivity index (χ0n) is 12.2. The SMILES string of the molecule is COc1ccccc1C1CC(NCc2ccccc2F)C1. The van der Waals surface area contributed by atoms with Crippen LogP contribution >= 0.6 is 0 Å². The lowest BCUT2D eigenvalue weighted by molar-refractivity contribution is 0.281. The summed E-state index contributed by atoms with van der Waals surface area (Å²) in [4.78, 5) is 0. The zero-order valence-corrected chi connectivity index (χ0v) is 12.2. The minimum absolute atomic E-state index is 0.134. The van der Waals surface area contributed by atoms with Crippen LogP contribution in [0.1, 0.15) is 29.9 Å². The van der Waals surface area contributed by atoms with Gasteiger partial charge in [0.25, 0.3) is 0 Å². The molecule has 0 heterocycles. The first kappa shape index (κ1) is 14.1. The van der Waals surface area contributed by atoms with Crippen LogP contribution in [0.4, 0.5) is 4.39 Å². The van der Waals surface area contributed by atoms with E-state index in [2.05, 4.69) is 17.4 Å². The van der Waals surface area contributed by atoms with Gasteiger partial charge in [-0.25, -0.2) is 4.39 Å². The number of methoxy groups -OCH3 is 1. The van der Waals surface area contributed by atoms with Gasteiger partial charge in [-0.2, -0.15) is 0 Å². The van der Waals surface area contributed by atoms with Crippen molar-refractivity contribution in [3.63, 3.8) is 0 Å². The number of rotatable bonds is 5. The van der Waals surface area contributed by atoms with E-state index in [1.165, 1.54) is 11.6 Å². The predicted molar refractivity (Wildman–Crippen MR) is 82.0 cm³/mol. The lowest BCUT2D eigenvalue weighted by atomic mass is 9.75. The van der Waals surface area contributed by atoms with Crippen LogP contribution in [0.15, 0.2) is 48.5 Å². The fraction of sp³-hybridized carbons (Fsp3) is 0.333. The Labute approximate surface area is 125 Å². The fourth-order valence-corrected chi connectivity index (χ4v) is 2.94. The van der Waals surface area contributed by atoms with Crippen LogP contribution in [-0.2, 0) is 6.54 Å². The number of hydrogen-bond acceptors (Lipinski definition) is 2. The molecule has 3 rings (SSSR count). The van der Waals surface area contributed by atoms with Crippen molar-refractivity contribution in [1.82, 2.24) is 5.32 Å². The summed E-state index contributed by atoms with van der Waals surface area (Å²) in [7, 11) is 1.71. The molecule has 110 valence electrons. The number of hydrogen-bond donors (Lipinski definition) is 1. The van der Waals surface area contributed by atoms with E-state index in [0.29, 0.717) is 18.5 Å². The second-order valence-corrected chi connectivity index (χ2v) is 5.58. The molecule has 2 nitrogen and oxygen atoms in total. The molecule has 1 saturated carbocycles. The number of benzene rings is 2. The first-order valence-corrected chi connectivity index (χ1v) is 7.37. The van der Waals surface area contributed by atoms with E-state index in [1.807, 2.05) is 24.3 Å². The predicted octanol–water partition coefficient (Wildman–Crippen LogP) is 3.87. The lowest BCUT2D eigenvalue weighted by Crippen LogP contribution is -2.39. The zero-order chi connectivity index (χ0) is 14.7. The Morgan fingerprint density at radius 3 is 2.57 bits per heavy atom. The molecule has 1 fully saturated rings. The second kappa shape index (κ2) is 6.27. The fourth-order valence-electron chi connectivity index (χ4n) is 2.94. The van der Waals surface area contributed by atoms with Crippen molar-refractivity contribution in [2.24, 2.45) is 0 Å². The smallest absolute Gasteiger partial charge is 0.127 e. The maximum Gasteiger partial charge on any atom is 0.127 e. The average molecular weight is 285 g/mol. The van der Waals surface area contributed by atoms with Gasteiger partial charge in [-0.15, -0.1) is 0 Å². The molecule has 0 saturated heterocycles. The van der Waals surface area contributed by atoms with Crippen LogP contribution in [-0.4, -0.2) is 13.2 Å². The van der Waals surface area contributed by atoms with Crippen LogP contribution in [0, 0.1) is 5.82 Å².